The van der Waals surface area contributed by atoms with Crippen molar-refractivity contribution >= 4 is 49.1 Å². The number of amides is 1. The van der Waals surface area contributed by atoms with Crippen LogP contribution in [-0.4, -0.2) is 10.8 Å². The summed E-state index contributed by atoms with van der Waals surface area (Å²) in [6.45, 7) is 0. The first-order valence-corrected chi connectivity index (χ1v) is 7.17. The van der Waals surface area contributed by atoms with Crippen LogP contribution in [0.1, 0.15) is 10.4 Å². The number of halogens is 3. The Bertz CT molecular complexity index is 737. The summed E-state index contributed by atoms with van der Waals surface area (Å²) in [4.78, 5) is 22.4. The molecular weight excluding hydrogens is 411 g/mol. The predicted molar refractivity (Wildman–Crippen MR) is 82.8 cm³/mol. The van der Waals surface area contributed by atoms with Gasteiger partial charge in [-0.15, -0.1) is 0 Å². The van der Waals surface area contributed by atoms with Crippen LogP contribution in [0.4, 0.5) is 15.8 Å². The number of hydrogen-bond donors (Lipinski definition) is 1. The maximum absolute atomic E-state index is 13.4. The SMILES string of the molecule is O=C(Nc1ccc(Br)cc1[N+](=O)[O-])c1ccc(Br)c(F)c1. The Labute approximate surface area is 135 Å². The molecule has 0 radical (unpaired) electrons. The predicted octanol–water partition coefficient (Wildman–Crippen LogP) is 4.51. The molecule has 0 saturated carbocycles. The molecule has 1 amide bonds. The third-order valence-corrected chi connectivity index (χ3v) is 3.72. The fourth-order valence-corrected chi connectivity index (χ4v) is 2.19. The number of carbonyl (C=O) groups excluding carboxylic acids is 1. The molecular formula is C13H7Br2FN2O3. The van der Waals surface area contributed by atoms with Crippen LogP contribution in [0, 0.1) is 15.9 Å². The minimum Gasteiger partial charge on any atom is -0.316 e. The van der Waals surface area contributed by atoms with Crippen LogP contribution in [0.5, 0.6) is 0 Å². The molecule has 5 nitrogen and oxygen atoms in total. The highest BCUT2D eigenvalue weighted by molar-refractivity contribution is 9.10. The van der Waals surface area contributed by atoms with Crippen LogP contribution in [0.3, 0.4) is 0 Å². The highest BCUT2D eigenvalue weighted by Gasteiger charge is 2.17. The Morgan fingerprint density at radius 3 is 2.52 bits per heavy atom. The first-order valence-electron chi connectivity index (χ1n) is 5.59. The summed E-state index contributed by atoms with van der Waals surface area (Å²) in [6.07, 6.45) is 0. The van der Waals surface area contributed by atoms with Gasteiger partial charge < -0.3 is 5.32 Å². The summed E-state index contributed by atoms with van der Waals surface area (Å²) < 4.78 is 14.1. The van der Waals surface area contributed by atoms with Gasteiger partial charge >= 0.3 is 0 Å². The van der Waals surface area contributed by atoms with Crippen LogP contribution in [0.15, 0.2) is 45.3 Å². The zero-order chi connectivity index (χ0) is 15.6. The molecule has 2 aromatic carbocycles. The second-order valence-electron chi connectivity index (χ2n) is 4.00. The Balaban J connectivity index is 2.31. The van der Waals surface area contributed by atoms with Gasteiger partial charge in [-0.25, -0.2) is 4.39 Å². The molecule has 0 aliphatic heterocycles. The monoisotopic (exact) mass is 416 g/mol. The van der Waals surface area contributed by atoms with E-state index in [0.717, 1.165) is 6.07 Å². The van der Waals surface area contributed by atoms with Crippen molar-refractivity contribution in [2.24, 2.45) is 0 Å². The second-order valence-corrected chi connectivity index (χ2v) is 5.77. The fraction of sp³-hybridized carbons (Fsp3) is 0. The van der Waals surface area contributed by atoms with E-state index in [4.69, 9.17) is 0 Å². The van der Waals surface area contributed by atoms with Crippen molar-refractivity contribution in [3.8, 4) is 0 Å². The largest absolute Gasteiger partial charge is 0.316 e. The lowest BCUT2D eigenvalue weighted by Crippen LogP contribution is -2.13. The number of nitro benzene ring substituents is 1. The molecule has 0 bridgehead atoms. The van der Waals surface area contributed by atoms with Crippen LogP contribution < -0.4 is 5.32 Å². The van der Waals surface area contributed by atoms with Crippen molar-refractivity contribution in [2.75, 3.05) is 5.32 Å². The van der Waals surface area contributed by atoms with Crippen LogP contribution in [0.2, 0.25) is 0 Å². The van der Waals surface area contributed by atoms with E-state index >= 15 is 0 Å². The van der Waals surface area contributed by atoms with Crippen molar-refractivity contribution in [1.29, 1.82) is 0 Å². The first-order chi connectivity index (χ1) is 9.88. The molecule has 2 rings (SSSR count). The average molecular weight is 418 g/mol. The van der Waals surface area contributed by atoms with E-state index in [-0.39, 0.29) is 21.4 Å². The van der Waals surface area contributed by atoms with Crippen LogP contribution >= 0.6 is 31.9 Å². The third kappa shape index (κ3) is 3.64. The van der Waals surface area contributed by atoms with E-state index in [1.807, 2.05) is 0 Å². The highest BCUT2D eigenvalue weighted by Crippen LogP contribution is 2.28. The summed E-state index contributed by atoms with van der Waals surface area (Å²) in [5, 5.41) is 13.4. The van der Waals surface area contributed by atoms with Gasteiger partial charge in [0.2, 0.25) is 0 Å². The molecule has 1 N–H and O–H groups in total. The smallest absolute Gasteiger partial charge is 0.293 e. The normalized spacial score (nSPS) is 10.2. The lowest BCUT2D eigenvalue weighted by atomic mass is 10.2. The standard InChI is InChI=1S/C13H7Br2FN2O3/c14-8-2-4-11(12(6-8)18(20)21)17-13(19)7-1-3-9(15)10(16)5-7/h1-6H,(H,17,19). The summed E-state index contributed by atoms with van der Waals surface area (Å²) in [7, 11) is 0. The molecule has 0 heterocycles. The molecule has 0 fully saturated rings. The maximum Gasteiger partial charge on any atom is 0.293 e. The van der Waals surface area contributed by atoms with Gasteiger partial charge in [-0.1, -0.05) is 15.9 Å². The van der Waals surface area contributed by atoms with E-state index in [1.54, 1.807) is 6.07 Å². The van der Waals surface area contributed by atoms with Gasteiger partial charge in [0.15, 0.2) is 0 Å². The minimum absolute atomic E-state index is 0.0385. The number of nitrogens with one attached hydrogen (secondary N) is 1. The molecule has 108 valence electrons. The van der Waals surface area contributed by atoms with Crippen molar-refractivity contribution in [2.45, 2.75) is 0 Å². The van der Waals surface area contributed by atoms with E-state index in [2.05, 4.69) is 37.2 Å². The molecule has 21 heavy (non-hydrogen) atoms. The summed E-state index contributed by atoms with van der Waals surface area (Å²) in [6, 6.07) is 8.08. The van der Waals surface area contributed by atoms with Crippen molar-refractivity contribution in [3.05, 3.63) is 66.8 Å². The van der Waals surface area contributed by atoms with Gasteiger partial charge in [-0.2, -0.15) is 0 Å². The van der Waals surface area contributed by atoms with Gasteiger partial charge in [0.05, 0.1) is 9.40 Å². The van der Waals surface area contributed by atoms with Crippen molar-refractivity contribution in [1.82, 2.24) is 0 Å². The quantitative estimate of drug-likeness (QED) is 0.589. The van der Waals surface area contributed by atoms with E-state index in [9.17, 15) is 19.3 Å². The van der Waals surface area contributed by atoms with Gasteiger partial charge in [0.25, 0.3) is 11.6 Å². The number of rotatable bonds is 3. The fourth-order valence-electron chi connectivity index (χ4n) is 1.59. The minimum atomic E-state index is -0.633. The number of hydrogen-bond acceptors (Lipinski definition) is 3. The number of nitrogens with zero attached hydrogens (tertiary/aromatic N) is 1. The lowest BCUT2D eigenvalue weighted by molar-refractivity contribution is -0.384. The topological polar surface area (TPSA) is 72.2 Å². The van der Waals surface area contributed by atoms with Gasteiger partial charge in [-0.3, -0.25) is 14.9 Å². The Morgan fingerprint density at radius 1 is 1.19 bits per heavy atom. The van der Waals surface area contributed by atoms with Crippen LogP contribution in [-0.2, 0) is 0 Å². The zero-order valence-electron chi connectivity index (χ0n) is 10.3. The average Bonchev–Trinajstić information content (AvgIpc) is 2.43. The molecule has 0 saturated heterocycles. The number of benzene rings is 2. The Morgan fingerprint density at radius 2 is 1.90 bits per heavy atom. The van der Waals surface area contributed by atoms with E-state index in [1.165, 1.54) is 24.3 Å². The molecule has 0 atom stereocenters. The van der Waals surface area contributed by atoms with Crippen LogP contribution in [0.25, 0.3) is 0 Å². The first kappa shape index (κ1) is 15.6. The van der Waals surface area contributed by atoms with Gasteiger partial charge in [0.1, 0.15) is 11.5 Å². The van der Waals surface area contributed by atoms with Gasteiger partial charge in [0, 0.05) is 16.1 Å². The molecule has 8 heteroatoms. The van der Waals surface area contributed by atoms with Crippen molar-refractivity contribution < 1.29 is 14.1 Å². The summed E-state index contributed by atoms with van der Waals surface area (Å²) >= 11 is 6.10. The maximum atomic E-state index is 13.4. The third-order valence-electron chi connectivity index (χ3n) is 2.59. The van der Waals surface area contributed by atoms with Gasteiger partial charge in [-0.05, 0) is 46.3 Å². The molecule has 0 unspecified atom stereocenters. The number of anilines is 1. The van der Waals surface area contributed by atoms with E-state index < -0.39 is 16.6 Å². The number of carbonyl (C=O) groups is 1. The molecule has 0 aromatic heterocycles. The second kappa shape index (κ2) is 6.31. The highest BCUT2D eigenvalue weighted by atomic mass is 79.9. The Hall–Kier alpha value is -1.80. The number of nitro groups is 1. The molecule has 0 aliphatic carbocycles. The summed E-state index contributed by atoms with van der Waals surface area (Å²) in [5.41, 5.74) is -0.153. The molecule has 0 aliphatic rings. The van der Waals surface area contributed by atoms with Crippen molar-refractivity contribution in [3.63, 3.8) is 0 Å². The molecule has 2 aromatic rings. The Kier molecular flexibility index (Phi) is 4.69. The zero-order valence-corrected chi connectivity index (χ0v) is 13.4. The summed E-state index contributed by atoms with van der Waals surface area (Å²) in [5.74, 6) is -1.22. The lowest BCUT2D eigenvalue weighted by Gasteiger charge is -2.07. The van der Waals surface area contributed by atoms with E-state index in [0.29, 0.717) is 4.47 Å². The molecule has 0 spiro atoms.